The Morgan fingerprint density at radius 3 is 3.06 bits per heavy atom. The number of nitrogens with two attached hydrogens (primary N) is 2. The summed E-state index contributed by atoms with van der Waals surface area (Å²) in [5, 5.41) is 10.2. The topological polar surface area (TPSA) is 136 Å². The number of H-pyrrole nitrogens is 1. The maximum atomic E-state index is 11.2. The summed E-state index contributed by atoms with van der Waals surface area (Å²) < 4.78 is 3.89. The highest BCUT2D eigenvalue weighted by Crippen LogP contribution is 2.25. The number of primary amides is 1. The lowest BCUT2D eigenvalue weighted by Crippen LogP contribution is -2.15. The molecule has 2 aromatic rings. The molecule has 0 unspecified atom stereocenters. The third-order valence-corrected chi connectivity index (χ3v) is 3.12. The van der Waals surface area contributed by atoms with Gasteiger partial charge in [-0.25, -0.2) is 4.98 Å². The van der Waals surface area contributed by atoms with Crippen LogP contribution in [0.25, 0.3) is 0 Å². The molecule has 2 rings (SSSR count). The zero-order chi connectivity index (χ0) is 13.0. The molecule has 8 nitrogen and oxygen atoms in total. The fourth-order valence-electron chi connectivity index (χ4n) is 1.47. The van der Waals surface area contributed by atoms with E-state index in [0.29, 0.717) is 11.5 Å². The number of anilines is 2. The molecule has 0 fully saturated rings. The van der Waals surface area contributed by atoms with Crippen molar-refractivity contribution in [2.45, 2.75) is 12.8 Å². The van der Waals surface area contributed by atoms with E-state index >= 15 is 0 Å². The van der Waals surface area contributed by atoms with Crippen molar-refractivity contribution in [3.63, 3.8) is 0 Å². The number of hydrogen-bond acceptors (Lipinski definition) is 7. The van der Waals surface area contributed by atoms with Crippen LogP contribution in [0.15, 0.2) is 6.33 Å². The standard InChI is InChI=1S/C9H13N7OS/c10-7-6(8(11)17)9(18-16-7)12-3-1-2-5-13-4-14-15-5/h4,12H,1-3H2,(H2,10,16)(H2,11,17)(H,13,14,15). The summed E-state index contributed by atoms with van der Waals surface area (Å²) in [6, 6.07) is 0. The van der Waals surface area contributed by atoms with Gasteiger partial charge in [-0.2, -0.15) is 9.47 Å². The normalized spacial score (nSPS) is 10.4. The lowest BCUT2D eigenvalue weighted by molar-refractivity contribution is 0.100. The number of nitrogens with one attached hydrogen (secondary N) is 2. The molecule has 2 aromatic heterocycles. The van der Waals surface area contributed by atoms with Crippen molar-refractivity contribution in [3.8, 4) is 0 Å². The molecule has 6 N–H and O–H groups in total. The Hall–Kier alpha value is -2.16. The van der Waals surface area contributed by atoms with Crippen LogP contribution in [0.3, 0.4) is 0 Å². The van der Waals surface area contributed by atoms with E-state index in [4.69, 9.17) is 11.5 Å². The van der Waals surface area contributed by atoms with Crippen LogP contribution >= 0.6 is 11.5 Å². The lowest BCUT2D eigenvalue weighted by atomic mass is 10.2. The van der Waals surface area contributed by atoms with Crippen molar-refractivity contribution in [3.05, 3.63) is 17.7 Å². The van der Waals surface area contributed by atoms with Crippen LogP contribution < -0.4 is 16.8 Å². The number of aromatic nitrogens is 4. The van der Waals surface area contributed by atoms with E-state index in [0.717, 1.165) is 30.2 Å². The summed E-state index contributed by atoms with van der Waals surface area (Å²) in [5.74, 6) is 0.431. The van der Waals surface area contributed by atoms with E-state index in [-0.39, 0.29) is 11.4 Å². The fraction of sp³-hybridized carbons (Fsp3) is 0.333. The second kappa shape index (κ2) is 5.45. The van der Waals surface area contributed by atoms with Crippen LogP contribution in [-0.4, -0.2) is 32.0 Å². The van der Waals surface area contributed by atoms with E-state index in [1.165, 1.54) is 6.33 Å². The molecule has 0 saturated carbocycles. The second-order valence-corrected chi connectivity index (χ2v) is 4.37. The molecule has 0 spiro atoms. The summed E-state index contributed by atoms with van der Waals surface area (Å²) in [6.07, 6.45) is 3.08. The van der Waals surface area contributed by atoms with Crippen molar-refractivity contribution in [2.24, 2.45) is 5.73 Å². The predicted molar refractivity (Wildman–Crippen MR) is 68.2 cm³/mol. The molecule has 0 aromatic carbocycles. The highest BCUT2D eigenvalue weighted by atomic mass is 32.1. The van der Waals surface area contributed by atoms with Crippen LogP contribution in [0.2, 0.25) is 0 Å². The molecule has 0 saturated heterocycles. The summed E-state index contributed by atoms with van der Waals surface area (Å²) in [7, 11) is 0. The number of nitrogens with zero attached hydrogens (tertiary/aromatic N) is 3. The van der Waals surface area contributed by atoms with E-state index in [1.807, 2.05) is 0 Å². The number of aryl methyl sites for hydroxylation is 1. The monoisotopic (exact) mass is 267 g/mol. The predicted octanol–water partition coefficient (Wildman–Crippen LogP) is -0.0130. The van der Waals surface area contributed by atoms with Crippen LogP contribution in [0.4, 0.5) is 10.8 Å². The molecule has 0 radical (unpaired) electrons. The summed E-state index contributed by atoms with van der Waals surface area (Å²) in [6.45, 7) is 0.669. The van der Waals surface area contributed by atoms with Gasteiger partial charge in [-0.3, -0.25) is 9.89 Å². The summed E-state index contributed by atoms with van der Waals surface area (Å²) >= 11 is 1.13. The average Bonchev–Trinajstić information content (AvgIpc) is 2.94. The third kappa shape index (κ3) is 2.74. The molecular weight excluding hydrogens is 254 g/mol. The molecular formula is C9H13N7OS. The van der Waals surface area contributed by atoms with E-state index in [2.05, 4.69) is 24.9 Å². The zero-order valence-electron chi connectivity index (χ0n) is 9.51. The number of amides is 1. The minimum atomic E-state index is -0.570. The fourth-order valence-corrected chi connectivity index (χ4v) is 2.21. The van der Waals surface area contributed by atoms with Gasteiger partial charge in [0.1, 0.15) is 22.7 Å². The van der Waals surface area contributed by atoms with Crippen molar-refractivity contribution in [1.29, 1.82) is 0 Å². The lowest BCUT2D eigenvalue weighted by Gasteiger charge is -2.03. The van der Waals surface area contributed by atoms with Crippen LogP contribution in [-0.2, 0) is 6.42 Å². The number of carbonyl (C=O) groups is 1. The maximum Gasteiger partial charge on any atom is 0.255 e. The average molecular weight is 267 g/mol. The van der Waals surface area contributed by atoms with Gasteiger partial charge in [0.05, 0.1) is 0 Å². The first-order chi connectivity index (χ1) is 8.68. The van der Waals surface area contributed by atoms with Gasteiger partial charge in [-0.1, -0.05) is 0 Å². The van der Waals surface area contributed by atoms with E-state index in [9.17, 15) is 4.79 Å². The number of aromatic amines is 1. The Morgan fingerprint density at radius 1 is 1.56 bits per heavy atom. The number of hydrogen-bond donors (Lipinski definition) is 4. The molecule has 96 valence electrons. The molecule has 0 aliphatic heterocycles. The Labute approximate surface area is 107 Å². The first-order valence-corrected chi connectivity index (χ1v) is 6.09. The van der Waals surface area contributed by atoms with Gasteiger partial charge in [0.25, 0.3) is 5.91 Å². The SMILES string of the molecule is NC(=O)c1c(N)nsc1NCCCc1ncn[nH]1. The smallest absolute Gasteiger partial charge is 0.255 e. The van der Waals surface area contributed by atoms with E-state index in [1.54, 1.807) is 0 Å². The molecule has 9 heteroatoms. The molecule has 0 atom stereocenters. The van der Waals surface area contributed by atoms with Gasteiger partial charge in [-0.15, -0.1) is 0 Å². The third-order valence-electron chi connectivity index (χ3n) is 2.31. The molecule has 1 amide bonds. The van der Waals surface area contributed by atoms with Crippen LogP contribution in [0, 0.1) is 0 Å². The summed E-state index contributed by atoms with van der Waals surface area (Å²) in [4.78, 5) is 15.2. The molecule has 0 aliphatic rings. The quantitative estimate of drug-likeness (QED) is 0.543. The van der Waals surface area contributed by atoms with Crippen molar-refractivity contribution in [1.82, 2.24) is 19.6 Å². The number of nitrogen functional groups attached to an aromatic ring is 1. The van der Waals surface area contributed by atoms with E-state index < -0.39 is 5.91 Å². The molecule has 18 heavy (non-hydrogen) atoms. The first kappa shape index (κ1) is 12.3. The Bertz CT molecular complexity index is 521. The molecule has 0 bridgehead atoms. The van der Waals surface area contributed by atoms with Gasteiger partial charge in [0.15, 0.2) is 5.82 Å². The van der Waals surface area contributed by atoms with Gasteiger partial charge in [-0.05, 0) is 18.0 Å². The van der Waals surface area contributed by atoms with Crippen molar-refractivity contribution < 1.29 is 4.79 Å². The zero-order valence-corrected chi connectivity index (χ0v) is 10.3. The van der Waals surface area contributed by atoms with Crippen LogP contribution in [0.5, 0.6) is 0 Å². The Morgan fingerprint density at radius 2 is 2.39 bits per heavy atom. The van der Waals surface area contributed by atoms with Gasteiger partial charge in [0, 0.05) is 13.0 Å². The highest BCUT2D eigenvalue weighted by molar-refractivity contribution is 7.11. The second-order valence-electron chi connectivity index (χ2n) is 3.60. The first-order valence-electron chi connectivity index (χ1n) is 5.31. The van der Waals surface area contributed by atoms with Gasteiger partial charge in [0.2, 0.25) is 0 Å². The number of carbonyl (C=O) groups excluding carboxylic acids is 1. The van der Waals surface area contributed by atoms with Gasteiger partial charge < -0.3 is 16.8 Å². The van der Waals surface area contributed by atoms with Crippen molar-refractivity contribution >= 4 is 28.3 Å². The number of rotatable bonds is 6. The molecule has 2 heterocycles. The van der Waals surface area contributed by atoms with Crippen molar-refractivity contribution in [2.75, 3.05) is 17.6 Å². The van der Waals surface area contributed by atoms with Crippen LogP contribution in [0.1, 0.15) is 22.6 Å². The molecule has 0 aliphatic carbocycles. The largest absolute Gasteiger partial charge is 0.382 e. The summed E-state index contributed by atoms with van der Waals surface area (Å²) in [5.41, 5.74) is 11.0. The maximum absolute atomic E-state index is 11.2. The Kier molecular flexibility index (Phi) is 3.72. The highest BCUT2D eigenvalue weighted by Gasteiger charge is 2.15. The minimum absolute atomic E-state index is 0.172. The van der Waals surface area contributed by atoms with Gasteiger partial charge >= 0.3 is 0 Å². The minimum Gasteiger partial charge on any atom is -0.382 e. The Balaban J connectivity index is 1.85.